The SMILES string of the molecule is CCCCCCCCOC(=O)CN1C(=O)C(C)(C)NC1(C)C. The van der Waals surface area contributed by atoms with Crippen molar-refractivity contribution < 1.29 is 14.3 Å². The van der Waals surface area contributed by atoms with Gasteiger partial charge in [0, 0.05) is 0 Å². The summed E-state index contributed by atoms with van der Waals surface area (Å²) in [5, 5.41) is 3.24. The van der Waals surface area contributed by atoms with Crippen molar-refractivity contribution in [2.45, 2.75) is 84.3 Å². The smallest absolute Gasteiger partial charge is 0.325 e. The summed E-state index contributed by atoms with van der Waals surface area (Å²) in [4.78, 5) is 25.8. The third-order valence-electron chi connectivity index (χ3n) is 4.12. The third kappa shape index (κ3) is 5.27. The largest absolute Gasteiger partial charge is 0.464 e. The summed E-state index contributed by atoms with van der Waals surface area (Å²) >= 11 is 0. The van der Waals surface area contributed by atoms with E-state index in [9.17, 15) is 9.59 Å². The Labute approximate surface area is 134 Å². The molecule has 5 nitrogen and oxygen atoms in total. The van der Waals surface area contributed by atoms with E-state index in [2.05, 4.69) is 12.2 Å². The first-order chi connectivity index (χ1) is 10.2. The number of carbonyl (C=O) groups is 2. The molecule has 1 saturated heterocycles. The number of hydrogen-bond donors (Lipinski definition) is 1. The van der Waals surface area contributed by atoms with Crippen LogP contribution in [0.3, 0.4) is 0 Å². The maximum absolute atomic E-state index is 12.3. The summed E-state index contributed by atoms with van der Waals surface area (Å²) in [6.45, 7) is 10.1. The summed E-state index contributed by atoms with van der Waals surface area (Å²) < 4.78 is 5.26. The van der Waals surface area contributed by atoms with Gasteiger partial charge in [0.2, 0.25) is 5.91 Å². The van der Waals surface area contributed by atoms with Crippen LogP contribution in [0.4, 0.5) is 0 Å². The Balaban J connectivity index is 2.29. The van der Waals surface area contributed by atoms with E-state index < -0.39 is 11.2 Å². The molecule has 1 rings (SSSR count). The Morgan fingerprint density at radius 1 is 1.09 bits per heavy atom. The van der Waals surface area contributed by atoms with Crippen LogP contribution >= 0.6 is 0 Å². The zero-order valence-corrected chi connectivity index (χ0v) is 14.8. The van der Waals surface area contributed by atoms with Gasteiger partial charge in [-0.15, -0.1) is 0 Å². The average Bonchev–Trinajstić information content (AvgIpc) is 2.56. The zero-order valence-electron chi connectivity index (χ0n) is 14.8. The highest BCUT2D eigenvalue weighted by Crippen LogP contribution is 2.27. The Hall–Kier alpha value is -1.10. The maximum atomic E-state index is 12.3. The van der Waals surface area contributed by atoms with Crippen molar-refractivity contribution in [2.75, 3.05) is 13.2 Å². The predicted octanol–water partition coefficient (Wildman–Crippen LogP) is 2.84. The van der Waals surface area contributed by atoms with Crippen LogP contribution in [0.15, 0.2) is 0 Å². The van der Waals surface area contributed by atoms with E-state index in [0.717, 1.165) is 12.8 Å². The standard InChI is InChI=1S/C17H32N2O3/c1-6-7-8-9-10-11-12-22-14(20)13-19-15(21)16(2,3)18-17(19,4)5/h18H,6-13H2,1-5H3. The summed E-state index contributed by atoms with van der Waals surface area (Å²) in [6, 6.07) is 0. The second kappa shape index (κ2) is 7.95. The lowest BCUT2D eigenvalue weighted by Gasteiger charge is -2.30. The average molecular weight is 312 g/mol. The first kappa shape index (κ1) is 18.9. The van der Waals surface area contributed by atoms with Crippen molar-refractivity contribution in [3.05, 3.63) is 0 Å². The molecule has 22 heavy (non-hydrogen) atoms. The second-order valence-electron chi connectivity index (χ2n) is 7.19. The van der Waals surface area contributed by atoms with Gasteiger partial charge in [0.05, 0.1) is 17.8 Å². The molecule has 1 heterocycles. The van der Waals surface area contributed by atoms with Crippen LogP contribution < -0.4 is 5.32 Å². The number of nitrogens with one attached hydrogen (secondary N) is 1. The maximum Gasteiger partial charge on any atom is 0.325 e. The van der Waals surface area contributed by atoms with Crippen LogP contribution in [0.5, 0.6) is 0 Å². The highest BCUT2D eigenvalue weighted by molar-refractivity contribution is 5.91. The molecule has 0 aromatic heterocycles. The molecule has 1 N–H and O–H groups in total. The summed E-state index contributed by atoms with van der Waals surface area (Å²) in [6.07, 6.45) is 6.95. The molecule has 0 radical (unpaired) electrons. The lowest BCUT2D eigenvalue weighted by Crippen LogP contribution is -2.50. The number of unbranched alkanes of at least 4 members (excludes halogenated alkanes) is 5. The number of rotatable bonds is 9. The normalized spacial score (nSPS) is 19.5. The molecule has 1 aliphatic rings. The van der Waals surface area contributed by atoms with Crippen LogP contribution in [0.2, 0.25) is 0 Å². The lowest BCUT2D eigenvalue weighted by atomic mass is 10.1. The van der Waals surface area contributed by atoms with E-state index in [1.54, 1.807) is 4.90 Å². The number of esters is 1. The van der Waals surface area contributed by atoms with Gasteiger partial charge in [0.25, 0.3) is 0 Å². The molecule has 0 unspecified atom stereocenters. The molecule has 5 heteroatoms. The number of nitrogens with zero attached hydrogens (tertiary/aromatic N) is 1. The van der Waals surface area contributed by atoms with E-state index in [1.807, 2.05) is 27.7 Å². The number of amides is 1. The van der Waals surface area contributed by atoms with Crippen LogP contribution in [0.25, 0.3) is 0 Å². The van der Waals surface area contributed by atoms with Gasteiger partial charge in [-0.05, 0) is 34.1 Å². The predicted molar refractivity (Wildman–Crippen MR) is 87.3 cm³/mol. The topological polar surface area (TPSA) is 58.6 Å². The molecule has 0 spiro atoms. The fourth-order valence-corrected chi connectivity index (χ4v) is 2.99. The molecule has 0 aromatic carbocycles. The van der Waals surface area contributed by atoms with Gasteiger partial charge in [-0.3, -0.25) is 14.9 Å². The van der Waals surface area contributed by atoms with Gasteiger partial charge in [-0.2, -0.15) is 0 Å². The number of carbonyl (C=O) groups excluding carboxylic acids is 2. The quantitative estimate of drug-likeness (QED) is 0.525. The Kier molecular flexibility index (Phi) is 6.85. The van der Waals surface area contributed by atoms with E-state index in [-0.39, 0.29) is 18.4 Å². The number of hydrogen-bond acceptors (Lipinski definition) is 4. The van der Waals surface area contributed by atoms with Crippen molar-refractivity contribution in [3.8, 4) is 0 Å². The summed E-state index contributed by atoms with van der Waals surface area (Å²) in [5.74, 6) is -0.386. The van der Waals surface area contributed by atoms with E-state index in [4.69, 9.17) is 4.74 Å². The molecular formula is C17H32N2O3. The van der Waals surface area contributed by atoms with Crippen molar-refractivity contribution in [2.24, 2.45) is 0 Å². The minimum absolute atomic E-state index is 0.0120. The fraction of sp³-hybridized carbons (Fsp3) is 0.882. The van der Waals surface area contributed by atoms with Crippen LogP contribution in [0, 0.1) is 0 Å². The first-order valence-corrected chi connectivity index (χ1v) is 8.48. The zero-order chi connectivity index (χ0) is 16.8. The van der Waals surface area contributed by atoms with E-state index in [1.165, 1.54) is 25.7 Å². The van der Waals surface area contributed by atoms with Crippen LogP contribution in [0.1, 0.15) is 73.1 Å². The molecule has 1 aliphatic heterocycles. The molecule has 0 aliphatic carbocycles. The fourth-order valence-electron chi connectivity index (χ4n) is 2.99. The van der Waals surface area contributed by atoms with Gasteiger partial charge in [0.15, 0.2) is 0 Å². The highest BCUT2D eigenvalue weighted by atomic mass is 16.5. The third-order valence-corrected chi connectivity index (χ3v) is 4.12. The van der Waals surface area contributed by atoms with Gasteiger partial charge < -0.3 is 9.64 Å². The van der Waals surface area contributed by atoms with Gasteiger partial charge in [-0.1, -0.05) is 39.0 Å². The van der Waals surface area contributed by atoms with E-state index in [0.29, 0.717) is 6.61 Å². The minimum Gasteiger partial charge on any atom is -0.464 e. The monoisotopic (exact) mass is 312 g/mol. The Morgan fingerprint density at radius 3 is 2.23 bits per heavy atom. The molecule has 0 bridgehead atoms. The lowest BCUT2D eigenvalue weighted by molar-refractivity contribution is -0.151. The van der Waals surface area contributed by atoms with Gasteiger partial charge >= 0.3 is 5.97 Å². The van der Waals surface area contributed by atoms with Crippen LogP contribution in [-0.2, 0) is 14.3 Å². The van der Waals surface area contributed by atoms with Gasteiger partial charge in [0.1, 0.15) is 6.54 Å². The van der Waals surface area contributed by atoms with Crippen molar-refractivity contribution in [1.82, 2.24) is 10.2 Å². The van der Waals surface area contributed by atoms with Crippen molar-refractivity contribution >= 4 is 11.9 Å². The van der Waals surface area contributed by atoms with Crippen molar-refractivity contribution in [3.63, 3.8) is 0 Å². The Morgan fingerprint density at radius 2 is 1.68 bits per heavy atom. The minimum atomic E-state index is -0.636. The molecule has 128 valence electrons. The second-order valence-corrected chi connectivity index (χ2v) is 7.19. The first-order valence-electron chi connectivity index (χ1n) is 8.48. The molecule has 0 aromatic rings. The van der Waals surface area contributed by atoms with E-state index >= 15 is 0 Å². The van der Waals surface area contributed by atoms with Crippen molar-refractivity contribution in [1.29, 1.82) is 0 Å². The molecular weight excluding hydrogens is 280 g/mol. The molecule has 0 saturated carbocycles. The van der Waals surface area contributed by atoms with Crippen LogP contribution in [-0.4, -0.2) is 41.1 Å². The molecule has 0 atom stereocenters. The molecule has 1 fully saturated rings. The molecule has 1 amide bonds. The summed E-state index contributed by atoms with van der Waals surface area (Å²) in [5.41, 5.74) is -1.16. The number of ether oxygens (including phenoxy) is 1. The Bertz CT molecular complexity index is 391. The highest BCUT2D eigenvalue weighted by Gasteiger charge is 2.49. The van der Waals surface area contributed by atoms with Gasteiger partial charge in [-0.25, -0.2) is 0 Å². The summed E-state index contributed by atoms with van der Waals surface area (Å²) in [7, 11) is 0.